The quantitative estimate of drug-likeness (QED) is 0.446. The molecule has 0 unspecified atom stereocenters. The van der Waals surface area contributed by atoms with Crippen molar-refractivity contribution in [3.8, 4) is 22.5 Å². The molecule has 2 aromatic heterocycles. The molecule has 0 saturated carbocycles. The number of rotatable bonds is 2. The molecule has 5 aromatic rings. The number of aromatic nitrogens is 3. The molecule has 0 fully saturated rings. The maximum Gasteiger partial charge on any atom is 0.235 e. The van der Waals surface area contributed by atoms with Crippen LogP contribution in [0.1, 0.15) is 0 Å². The van der Waals surface area contributed by atoms with E-state index in [1.54, 1.807) is 0 Å². The number of hydrogen-bond acceptors (Lipinski definition) is 2. The van der Waals surface area contributed by atoms with Gasteiger partial charge >= 0.3 is 0 Å². The molecule has 118 valence electrons. The largest absolute Gasteiger partial charge is 0.282 e. The van der Waals surface area contributed by atoms with Gasteiger partial charge < -0.3 is 0 Å². The van der Waals surface area contributed by atoms with Gasteiger partial charge in [0.1, 0.15) is 0 Å². The van der Waals surface area contributed by atoms with Crippen LogP contribution in [0, 0.1) is 0 Å². The predicted octanol–water partition coefficient (Wildman–Crippen LogP) is 5.22. The summed E-state index contributed by atoms with van der Waals surface area (Å²) in [4.78, 5) is 9.62. The molecule has 3 nitrogen and oxygen atoms in total. The molecule has 25 heavy (non-hydrogen) atoms. The van der Waals surface area contributed by atoms with Gasteiger partial charge in [-0.05, 0) is 6.07 Å². The first kappa shape index (κ1) is 13.9. The zero-order valence-electron chi connectivity index (χ0n) is 13.5. The minimum atomic E-state index is 0.719. The normalized spacial score (nSPS) is 11.2. The van der Waals surface area contributed by atoms with E-state index in [2.05, 4.69) is 53.1 Å². The van der Waals surface area contributed by atoms with E-state index in [1.807, 2.05) is 42.5 Å². The van der Waals surface area contributed by atoms with Crippen LogP contribution in [-0.4, -0.2) is 14.4 Å². The topological polar surface area (TPSA) is 30.2 Å². The second kappa shape index (κ2) is 5.56. The first-order valence-corrected chi connectivity index (χ1v) is 8.29. The zero-order chi connectivity index (χ0) is 16.6. The Morgan fingerprint density at radius 2 is 1.24 bits per heavy atom. The van der Waals surface area contributed by atoms with Crippen LogP contribution < -0.4 is 0 Å². The summed E-state index contributed by atoms with van der Waals surface area (Å²) >= 11 is 0. The lowest BCUT2D eigenvalue weighted by Gasteiger charge is -2.06. The minimum Gasteiger partial charge on any atom is -0.282 e. The monoisotopic (exact) mass is 321 g/mol. The second-order valence-electron chi connectivity index (χ2n) is 6.01. The van der Waals surface area contributed by atoms with Gasteiger partial charge in [0.05, 0.1) is 16.9 Å². The highest BCUT2D eigenvalue weighted by atomic mass is 15.1. The molecule has 0 amide bonds. The van der Waals surface area contributed by atoms with Crippen LogP contribution in [-0.2, 0) is 0 Å². The second-order valence-corrected chi connectivity index (χ2v) is 6.01. The summed E-state index contributed by atoms with van der Waals surface area (Å²) in [5.41, 5.74) is 5.20. The van der Waals surface area contributed by atoms with Crippen LogP contribution in [0.25, 0.3) is 39.2 Å². The highest BCUT2D eigenvalue weighted by Gasteiger charge is 2.16. The van der Waals surface area contributed by atoms with Gasteiger partial charge in [-0.25, -0.2) is 9.97 Å². The Morgan fingerprint density at radius 3 is 2.00 bits per heavy atom. The Bertz CT molecular complexity index is 1180. The summed E-state index contributed by atoms with van der Waals surface area (Å²) in [6.45, 7) is 0. The number of para-hydroxylation sites is 1. The molecule has 0 radical (unpaired) electrons. The van der Waals surface area contributed by atoms with Gasteiger partial charge in [0.25, 0.3) is 0 Å². The van der Waals surface area contributed by atoms with E-state index in [0.717, 1.165) is 39.2 Å². The van der Waals surface area contributed by atoms with Crippen molar-refractivity contribution in [2.45, 2.75) is 0 Å². The number of imidazole rings is 1. The number of benzene rings is 3. The maximum atomic E-state index is 4.86. The van der Waals surface area contributed by atoms with Crippen molar-refractivity contribution in [3.05, 3.63) is 91.1 Å². The Hall–Kier alpha value is -3.46. The summed E-state index contributed by atoms with van der Waals surface area (Å²) in [6.07, 6.45) is 2.12. The Balaban J connectivity index is 1.90. The zero-order valence-corrected chi connectivity index (χ0v) is 13.5. The van der Waals surface area contributed by atoms with Crippen molar-refractivity contribution in [1.29, 1.82) is 0 Å². The molecule has 0 aliphatic carbocycles. The maximum absolute atomic E-state index is 4.86. The van der Waals surface area contributed by atoms with E-state index in [9.17, 15) is 0 Å². The van der Waals surface area contributed by atoms with E-state index in [4.69, 9.17) is 9.97 Å². The van der Waals surface area contributed by atoms with Crippen molar-refractivity contribution in [2.24, 2.45) is 0 Å². The molecular formula is C22H15N3. The average molecular weight is 321 g/mol. The van der Waals surface area contributed by atoms with Crippen LogP contribution in [0.3, 0.4) is 0 Å². The molecular weight excluding hydrogens is 306 g/mol. The lowest BCUT2D eigenvalue weighted by Crippen LogP contribution is -1.92. The van der Waals surface area contributed by atoms with Gasteiger partial charge in [-0.15, -0.1) is 0 Å². The van der Waals surface area contributed by atoms with Crippen LogP contribution in [0.2, 0.25) is 0 Å². The van der Waals surface area contributed by atoms with Crippen molar-refractivity contribution in [3.63, 3.8) is 0 Å². The smallest absolute Gasteiger partial charge is 0.235 e. The molecule has 0 bridgehead atoms. The van der Waals surface area contributed by atoms with Crippen molar-refractivity contribution < 1.29 is 0 Å². The molecule has 3 heteroatoms. The summed E-state index contributed by atoms with van der Waals surface area (Å²) in [6, 6.07) is 28.8. The number of hydrogen-bond donors (Lipinski definition) is 0. The average Bonchev–Trinajstić information content (AvgIpc) is 3.06. The van der Waals surface area contributed by atoms with Gasteiger partial charge in [-0.3, -0.25) is 4.40 Å². The van der Waals surface area contributed by atoms with Crippen LogP contribution >= 0.6 is 0 Å². The van der Waals surface area contributed by atoms with E-state index >= 15 is 0 Å². The third-order valence-electron chi connectivity index (χ3n) is 4.41. The third kappa shape index (κ3) is 2.29. The summed E-state index contributed by atoms with van der Waals surface area (Å²) in [5, 5.41) is 1.10. The Kier molecular flexibility index (Phi) is 3.10. The molecule has 0 atom stereocenters. The lowest BCUT2D eigenvalue weighted by molar-refractivity contribution is 1.15. The first-order valence-electron chi connectivity index (χ1n) is 8.29. The fourth-order valence-corrected chi connectivity index (χ4v) is 3.24. The van der Waals surface area contributed by atoms with Crippen LogP contribution in [0.15, 0.2) is 91.1 Å². The third-order valence-corrected chi connectivity index (χ3v) is 4.41. The molecule has 0 saturated heterocycles. The van der Waals surface area contributed by atoms with Crippen LogP contribution in [0.5, 0.6) is 0 Å². The van der Waals surface area contributed by atoms with Gasteiger partial charge in [-0.2, -0.15) is 0 Å². The number of nitrogens with zero attached hydrogens (tertiary/aromatic N) is 3. The van der Waals surface area contributed by atoms with Gasteiger partial charge in [-0.1, -0.05) is 78.9 Å². The lowest BCUT2D eigenvalue weighted by atomic mass is 10.1. The van der Waals surface area contributed by atoms with Gasteiger partial charge in [0.15, 0.2) is 0 Å². The van der Waals surface area contributed by atoms with Gasteiger partial charge in [0, 0.05) is 22.7 Å². The highest BCUT2D eigenvalue weighted by Crippen LogP contribution is 2.32. The molecule has 3 aromatic carbocycles. The van der Waals surface area contributed by atoms with Crippen LogP contribution in [0.4, 0.5) is 0 Å². The fraction of sp³-hybridized carbons (Fsp3) is 0. The minimum absolute atomic E-state index is 0.719. The molecule has 2 heterocycles. The SMILES string of the molecule is c1ccc(-c2nc3nc4ccccc4cn3c2-c2ccccc2)cc1. The summed E-state index contributed by atoms with van der Waals surface area (Å²) in [5.74, 6) is 0.719. The summed E-state index contributed by atoms with van der Waals surface area (Å²) < 4.78 is 2.10. The van der Waals surface area contributed by atoms with Crippen molar-refractivity contribution >= 4 is 16.7 Å². The molecule has 0 N–H and O–H groups in total. The molecule has 0 spiro atoms. The predicted molar refractivity (Wildman–Crippen MR) is 101 cm³/mol. The van der Waals surface area contributed by atoms with Gasteiger partial charge in [0.2, 0.25) is 5.78 Å². The fourth-order valence-electron chi connectivity index (χ4n) is 3.24. The van der Waals surface area contributed by atoms with E-state index < -0.39 is 0 Å². The molecule has 5 rings (SSSR count). The van der Waals surface area contributed by atoms with Crippen molar-refractivity contribution in [1.82, 2.24) is 14.4 Å². The van der Waals surface area contributed by atoms with Crippen molar-refractivity contribution in [2.75, 3.05) is 0 Å². The highest BCUT2D eigenvalue weighted by molar-refractivity contribution is 5.85. The van der Waals surface area contributed by atoms with E-state index in [0.29, 0.717) is 0 Å². The summed E-state index contributed by atoms with van der Waals surface area (Å²) in [7, 11) is 0. The molecule has 0 aliphatic rings. The Morgan fingerprint density at radius 1 is 0.600 bits per heavy atom. The molecule has 0 aliphatic heterocycles. The standard InChI is InChI=1S/C22H15N3/c1-3-9-16(10-4-1)20-21(17-11-5-2-6-12-17)25-15-18-13-7-8-14-19(18)23-22(25)24-20/h1-15H. The van der Waals surface area contributed by atoms with E-state index in [-0.39, 0.29) is 0 Å². The first-order chi connectivity index (χ1) is 12.4. The number of fused-ring (bicyclic) bond motifs is 2. The Labute approximate surface area is 145 Å². The van der Waals surface area contributed by atoms with E-state index in [1.165, 1.54) is 0 Å².